The molecule has 1 fully saturated rings. The van der Waals surface area contributed by atoms with E-state index in [0.717, 1.165) is 25.7 Å². The Hall–Kier alpha value is -2.65. The smallest absolute Gasteiger partial charge is 0.338 e. The maximum Gasteiger partial charge on any atom is 0.338 e. The van der Waals surface area contributed by atoms with Crippen LogP contribution in [0.3, 0.4) is 0 Å². The molecule has 9 heteroatoms. The molecule has 30 heavy (non-hydrogen) atoms. The van der Waals surface area contributed by atoms with Crippen molar-refractivity contribution in [2.24, 2.45) is 0 Å². The van der Waals surface area contributed by atoms with Crippen LogP contribution in [0.4, 0.5) is 0 Å². The quantitative estimate of drug-likeness (QED) is 0.641. The number of esters is 1. The van der Waals surface area contributed by atoms with E-state index in [1.54, 1.807) is 24.1 Å². The van der Waals surface area contributed by atoms with E-state index in [2.05, 4.69) is 4.72 Å². The predicted molar refractivity (Wildman–Crippen MR) is 109 cm³/mol. The van der Waals surface area contributed by atoms with Crippen LogP contribution in [0, 0.1) is 0 Å². The van der Waals surface area contributed by atoms with E-state index in [9.17, 15) is 18.0 Å². The molecule has 3 rings (SSSR count). The van der Waals surface area contributed by atoms with Crippen molar-refractivity contribution in [3.63, 3.8) is 0 Å². The molecule has 0 saturated heterocycles. The molecular weight excluding hydrogens is 408 g/mol. The van der Waals surface area contributed by atoms with E-state index >= 15 is 0 Å². The molecule has 1 aliphatic carbocycles. The van der Waals surface area contributed by atoms with Gasteiger partial charge in [-0.15, -0.1) is 0 Å². The summed E-state index contributed by atoms with van der Waals surface area (Å²) in [5.41, 5.74) is 0.0593. The topological polar surface area (TPSA) is 106 Å². The molecule has 1 amide bonds. The molecule has 0 bridgehead atoms. The molecule has 0 spiro atoms. The number of likely N-dealkylation sites (N-methyl/N-ethyl adjacent to an activating group) is 1. The summed E-state index contributed by atoms with van der Waals surface area (Å²) in [6.07, 6.45) is 6.74. The Morgan fingerprint density at radius 1 is 1.17 bits per heavy atom. The molecule has 1 heterocycles. The standard InChI is InChI=1S/C21H26N2O6S/c1-23(17-8-3-2-4-9-17)20(24)15-29-21(25)16-7-5-11-19(13-16)30(26,27)22-14-18-10-6-12-28-18/h5-7,10-13,17,22H,2-4,8-9,14-15H2,1H3. The van der Waals surface area contributed by atoms with Crippen molar-refractivity contribution in [3.8, 4) is 0 Å². The Labute approximate surface area is 176 Å². The maximum atomic E-state index is 12.5. The predicted octanol–water partition coefficient (Wildman–Crippen LogP) is 2.71. The second kappa shape index (κ2) is 9.90. The van der Waals surface area contributed by atoms with E-state index in [4.69, 9.17) is 9.15 Å². The summed E-state index contributed by atoms with van der Waals surface area (Å²) in [7, 11) is -2.12. The summed E-state index contributed by atoms with van der Waals surface area (Å²) in [6, 6.07) is 8.99. The number of furan rings is 1. The highest BCUT2D eigenvalue weighted by molar-refractivity contribution is 7.89. The molecule has 2 aromatic rings. The highest BCUT2D eigenvalue weighted by atomic mass is 32.2. The van der Waals surface area contributed by atoms with Crippen molar-refractivity contribution in [2.75, 3.05) is 13.7 Å². The fourth-order valence-corrected chi connectivity index (χ4v) is 4.48. The summed E-state index contributed by atoms with van der Waals surface area (Å²) >= 11 is 0. The van der Waals surface area contributed by atoms with Gasteiger partial charge in [0, 0.05) is 13.1 Å². The Morgan fingerprint density at radius 2 is 1.93 bits per heavy atom. The Kier molecular flexibility index (Phi) is 7.28. The van der Waals surface area contributed by atoms with E-state index in [1.165, 1.54) is 36.9 Å². The summed E-state index contributed by atoms with van der Waals surface area (Å²) in [5, 5.41) is 0. The summed E-state index contributed by atoms with van der Waals surface area (Å²) in [6.45, 7) is -0.383. The van der Waals surface area contributed by atoms with Crippen molar-refractivity contribution in [2.45, 2.75) is 49.6 Å². The first-order valence-electron chi connectivity index (χ1n) is 9.92. The minimum atomic E-state index is -3.84. The maximum absolute atomic E-state index is 12.5. The van der Waals surface area contributed by atoms with E-state index < -0.39 is 16.0 Å². The van der Waals surface area contributed by atoms with Crippen LogP contribution in [-0.2, 0) is 26.1 Å². The molecule has 0 aliphatic heterocycles. The largest absolute Gasteiger partial charge is 0.468 e. The molecule has 0 radical (unpaired) electrons. The van der Waals surface area contributed by atoms with Gasteiger partial charge in [-0.2, -0.15) is 0 Å². The van der Waals surface area contributed by atoms with Gasteiger partial charge in [0.2, 0.25) is 10.0 Å². The number of benzene rings is 1. The molecule has 1 aromatic heterocycles. The van der Waals surface area contributed by atoms with Gasteiger partial charge in [0.1, 0.15) is 5.76 Å². The lowest BCUT2D eigenvalue weighted by Crippen LogP contribution is -2.40. The van der Waals surface area contributed by atoms with Gasteiger partial charge < -0.3 is 14.1 Å². The average molecular weight is 435 g/mol. The van der Waals surface area contributed by atoms with E-state index in [1.807, 2.05) is 0 Å². The number of hydrogen-bond donors (Lipinski definition) is 1. The molecule has 8 nitrogen and oxygen atoms in total. The van der Waals surface area contributed by atoms with Crippen molar-refractivity contribution in [1.29, 1.82) is 0 Å². The molecule has 0 atom stereocenters. The second-order valence-electron chi connectivity index (χ2n) is 7.30. The van der Waals surface area contributed by atoms with Gasteiger partial charge in [-0.05, 0) is 43.2 Å². The highest BCUT2D eigenvalue weighted by Crippen LogP contribution is 2.21. The molecule has 1 aromatic carbocycles. The van der Waals surface area contributed by atoms with Crippen LogP contribution in [0.25, 0.3) is 0 Å². The first-order chi connectivity index (χ1) is 14.4. The fourth-order valence-electron chi connectivity index (χ4n) is 3.44. The first-order valence-corrected chi connectivity index (χ1v) is 11.4. The minimum Gasteiger partial charge on any atom is -0.468 e. The molecular formula is C21H26N2O6S. The third kappa shape index (κ3) is 5.70. The van der Waals surface area contributed by atoms with Gasteiger partial charge in [-0.3, -0.25) is 4.79 Å². The monoisotopic (exact) mass is 434 g/mol. The Morgan fingerprint density at radius 3 is 2.63 bits per heavy atom. The van der Waals surface area contributed by atoms with Crippen molar-refractivity contribution in [1.82, 2.24) is 9.62 Å². The summed E-state index contributed by atoms with van der Waals surface area (Å²) in [5.74, 6) is -0.544. The zero-order chi connectivity index (χ0) is 21.6. The zero-order valence-electron chi connectivity index (χ0n) is 16.9. The van der Waals surface area contributed by atoms with Gasteiger partial charge >= 0.3 is 5.97 Å². The third-order valence-corrected chi connectivity index (χ3v) is 6.64. The number of nitrogens with one attached hydrogen (secondary N) is 1. The minimum absolute atomic E-state index is 0.00793. The van der Waals surface area contributed by atoms with Crippen molar-refractivity contribution < 1.29 is 27.2 Å². The third-order valence-electron chi connectivity index (χ3n) is 5.24. The van der Waals surface area contributed by atoms with Gasteiger partial charge in [-0.1, -0.05) is 25.3 Å². The number of amides is 1. The summed E-state index contributed by atoms with van der Waals surface area (Å²) < 4.78 is 37.6. The van der Waals surface area contributed by atoms with Gasteiger partial charge in [0.05, 0.1) is 23.3 Å². The number of nitrogens with zero attached hydrogens (tertiary/aromatic N) is 1. The SMILES string of the molecule is CN(C(=O)COC(=O)c1cccc(S(=O)(=O)NCc2ccco2)c1)C1CCCCC1. The van der Waals surface area contributed by atoms with Crippen molar-refractivity contribution in [3.05, 3.63) is 54.0 Å². The second-order valence-corrected chi connectivity index (χ2v) is 9.07. The van der Waals surface area contributed by atoms with E-state index in [0.29, 0.717) is 5.76 Å². The van der Waals surface area contributed by atoms with Gasteiger partial charge in [0.25, 0.3) is 5.91 Å². The van der Waals surface area contributed by atoms with Gasteiger partial charge in [0.15, 0.2) is 6.61 Å². The Balaban J connectivity index is 1.57. The average Bonchev–Trinajstić information content (AvgIpc) is 3.30. The number of sulfonamides is 1. The molecule has 1 saturated carbocycles. The number of rotatable bonds is 8. The van der Waals surface area contributed by atoms with Crippen LogP contribution in [0.5, 0.6) is 0 Å². The molecule has 0 unspecified atom stereocenters. The van der Waals surface area contributed by atoms with Crippen LogP contribution >= 0.6 is 0 Å². The zero-order valence-corrected chi connectivity index (χ0v) is 17.7. The Bertz CT molecular complexity index is 965. The van der Waals surface area contributed by atoms with Crippen LogP contribution in [0.15, 0.2) is 52.0 Å². The van der Waals surface area contributed by atoms with Crippen LogP contribution in [0.2, 0.25) is 0 Å². The van der Waals surface area contributed by atoms with Gasteiger partial charge in [-0.25, -0.2) is 17.9 Å². The van der Waals surface area contributed by atoms with Crippen LogP contribution in [-0.4, -0.2) is 44.9 Å². The highest BCUT2D eigenvalue weighted by Gasteiger charge is 2.23. The molecule has 1 aliphatic rings. The number of carbonyl (C=O) groups excluding carboxylic acids is 2. The lowest BCUT2D eigenvalue weighted by atomic mass is 9.94. The number of hydrogen-bond acceptors (Lipinski definition) is 6. The number of ether oxygens (including phenoxy) is 1. The van der Waals surface area contributed by atoms with E-state index in [-0.39, 0.29) is 35.6 Å². The lowest BCUT2D eigenvalue weighted by molar-refractivity contribution is -0.135. The normalized spacial score (nSPS) is 15.0. The van der Waals surface area contributed by atoms with Crippen LogP contribution in [0.1, 0.15) is 48.2 Å². The first kappa shape index (κ1) is 22.0. The molecule has 1 N–H and O–H groups in total. The van der Waals surface area contributed by atoms with Crippen LogP contribution < -0.4 is 4.72 Å². The number of carbonyl (C=O) groups is 2. The lowest BCUT2D eigenvalue weighted by Gasteiger charge is -2.31. The van der Waals surface area contributed by atoms with Crippen molar-refractivity contribution >= 4 is 21.9 Å². The molecule has 162 valence electrons. The summed E-state index contributed by atoms with van der Waals surface area (Å²) in [4.78, 5) is 26.3. The fraction of sp³-hybridized carbons (Fsp3) is 0.429.